The van der Waals surface area contributed by atoms with E-state index in [1.807, 2.05) is 13.8 Å². The topological polar surface area (TPSA) is 87.2 Å². The summed E-state index contributed by atoms with van der Waals surface area (Å²) in [5.41, 5.74) is 3.24. The maximum atomic E-state index is 12.1. The molecule has 0 fully saturated rings. The highest BCUT2D eigenvalue weighted by Crippen LogP contribution is 2.25. The van der Waals surface area contributed by atoms with Crippen molar-refractivity contribution >= 4 is 33.7 Å². The van der Waals surface area contributed by atoms with Crippen molar-refractivity contribution in [3.8, 4) is 0 Å². The number of hydrazone groups is 1. The van der Waals surface area contributed by atoms with Gasteiger partial charge in [-0.3, -0.25) is 9.59 Å². The van der Waals surface area contributed by atoms with Gasteiger partial charge in [-0.2, -0.15) is 5.10 Å². The molecule has 0 saturated carbocycles. The molecule has 0 aromatic carbocycles. The molecule has 1 amide bonds. The first-order valence-electron chi connectivity index (χ1n) is 7.77. The third kappa shape index (κ3) is 4.04. The largest absolute Gasteiger partial charge is 0.309 e. The fourth-order valence-electron chi connectivity index (χ4n) is 2.29. The summed E-state index contributed by atoms with van der Waals surface area (Å²) in [5, 5.41) is 4.58. The zero-order chi connectivity index (χ0) is 17.0. The van der Waals surface area contributed by atoms with Crippen LogP contribution in [0.4, 0.5) is 0 Å². The summed E-state index contributed by atoms with van der Waals surface area (Å²) in [6, 6.07) is 0. The number of amides is 1. The van der Waals surface area contributed by atoms with Crippen molar-refractivity contribution in [2.75, 3.05) is 0 Å². The maximum Gasteiger partial charge on any atom is 0.259 e. The predicted octanol–water partition coefficient (Wildman–Crippen LogP) is 2.68. The Morgan fingerprint density at radius 2 is 2.09 bits per heavy atom. The summed E-state index contributed by atoms with van der Waals surface area (Å²) < 4.78 is 0. The maximum absolute atomic E-state index is 12.1. The number of carbonyl (C=O) groups excluding carboxylic acids is 1. The molecule has 0 aliphatic rings. The zero-order valence-electron chi connectivity index (χ0n) is 13.9. The van der Waals surface area contributed by atoms with Crippen molar-refractivity contribution in [1.29, 1.82) is 0 Å². The summed E-state index contributed by atoms with van der Waals surface area (Å²) >= 11 is 1.47. The van der Waals surface area contributed by atoms with Crippen LogP contribution >= 0.6 is 11.3 Å². The van der Waals surface area contributed by atoms with Crippen molar-refractivity contribution in [3.05, 3.63) is 26.6 Å². The molecule has 2 heterocycles. The third-order valence-corrected chi connectivity index (χ3v) is 5.04. The Balaban J connectivity index is 2.10. The van der Waals surface area contributed by atoms with Crippen molar-refractivity contribution < 1.29 is 4.79 Å². The number of aryl methyl sites for hydroxylation is 2. The standard InChI is InChI=1S/C16H22N4O2S/c1-5-11(6-2)8-17-20-13(21)7-12-18-15(22)14-9(3)10(4)23-16(14)19-12/h8,11H,5-7H2,1-4H3,(H,20,21)(H,18,19,22)/b17-8+. The number of carbonyl (C=O) groups is 1. The highest BCUT2D eigenvalue weighted by Gasteiger charge is 2.13. The van der Waals surface area contributed by atoms with Crippen LogP contribution in [0.5, 0.6) is 0 Å². The van der Waals surface area contributed by atoms with Crippen LogP contribution in [0.3, 0.4) is 0 Å². The molecule has 2 aromatic rings. The van der Waals surface area contributed by atoms with Gasteiger partial charge in [0.25, 0.3) is 5.56 Å². The molecule has 6 nitrogen and oxygen atoms in total. The first kappa shape index (κ1) is 17.3. The fraction of sp³-hybridized carbons (Fsp3) is 0.500. The van der Waals surface area contributed by atoms with Crippen LogP contribution in [0, 0.1) is 19.8 Å². The molecule has 7 heteroatoms. The van der Waals surface area contributed by atoms with Gasteiger partial charge in [-0.05, 0) is 38.2 Å². The van der Waals surface area contributed by atoms with Crippen LogP contribution in [0.15, 0.2) is 9.90 Å². The van der Waals surface area contributed by atoms with Crippen LogP contribution in [0.2, 0.25) is 0 Å². The Kier molecular flexibility index (Phi) is 5.65. The summed E-state index contributed by atoms with van der Waals surface area (Å²) in [4.78, 5) is 32.9. The average Bonchev–Trinajstić information content (AvgIpc) is 2.78. The van der Waals surface area contributed by atoms with E-state index in [0.717, 1.165) is 23.3 Å². The Morgan fingerprint density at radius 3 is 2.74 bits per heavy atom. The molecule has 0 unspecified atom stereocenters. The van der Waals surface area contributed by atoms with Gasteiger partial charge in [-0.15, -0.1) is 11.3 Å². The number of nitrogens with one attached hydrogen (secondary N) is 2. The number of rotatable bonds is 6. The van der Waals surface area contributed by atoms with Gasteiger partial charge in [0.15, 0.2) is 0 Å². The lowest BCUT2D eigenvalue weighted by Crippen LogP contribution is -2.23. The fourth-order valence-corrected chi connectivity index (χ4v) is 3.34. The minimum atomic E-state index is -0.292. The lowest BCUT2D eigenvalue weighted by molar-refractivity contribution is -0.120. The van der Waals surface area contributed by atoms with E-state index in [9.17, 15) is 9.59 Å². The average molecular weight is 334 g/mol. The minimum absolute atomic E-state index is 0.00142. The highest BCUT2D eigenvalue weighted by molar-refractivity contribution is 7.18. The van der Waals surface area contributed by atoms with Crippen LogP contribution in [0.1, 0.15) is 43.0 Å². The van der Waals surface area contributed by atoms with Crippen molar-refractivity contribution in [2.24, 2.45) is 11.0 Å². The second kappa shape index (κ2) is 7.50. The molecular weight excluding hydrogens is 312 g/mol. The lowest BCUT2D eigenvalue weighted by atomic mass is 10.1. The molecule has 0 bridgehead atoms. The first-order valence-corrected chi connectivity index (χ1v) is 8.58. The van der Waals surface area contributed by atoms with E-state index in [1.54, 1.807) is 6.21 Å². The number of hydrogen-bond donors (Lipinski definition) is 2. The molecule has 124 valence electrons. The molecule has 2 aromatic heterocycles. The van der Waals surface area contributed by atoms with Gasteiger partial charge >= 0.3 is 0 Å². The number of H-pyrrole nitrogens is 1. The Labute approximate surface area is 139 Å². The van der Waals surface area contributed by atoms with Crippen LogP contribution in [0.25, 0.3) is 10.2 Å². The van der Waals surface area contributed by atoms with Crippen LogP contribution in [-0.2, 0) is 11.2 Å². The number of thiophene rings is 1. The quantitative estimate of drug-likeness (QED) is 0.629. The second-order valence-electron chi connectivity index (χ2n) is 5.54. The minimum Gasteiger partial charge on any atom is -0.309 e. The van der Waals surface area contributed by atoms with Gasteiger partial charge in [0.1, 0.15) is 10.7 Å². The molecule has 0 spiro atoms. The molecule has 0 aliphatic heterocycles. The van der Waals surface area contributed by atoms with E-state index in [-0.39, 0.29) is 17.9 Å². The summed E-state index contributed by atoms with van der Waals surface area (Å²) in [6.45, 7) is 8.03. The van der Waals surface area contributed by atoms with Gasteiger partial charge in [-0.1, -0.05) is 13.8 Å². The van der Waals surface area contributed by atoms with Crippen LogP contribution < -0.4 is 11.0 Å². The van der Waals surface area contributed by atoms with Gasteiger partial charge in [0.2, 0.25) is 5.91 Å². The lowest BCUT2D eigenvalue weighted by Gasteiger charge is -2.04. The Morgan fingerprint density at radius 1 is 1.39 bits per heavy atom. The number of fused-ring (bicyclic) bond motifs is 1. The molecule has 23 heavy (non-hydrogen) atoms. The molecule has 2 rings (SSSR count). The van der Waals surface area contributed by atoms with Gasteiger partial charge in [-0.25, -0.2) is 10.4 Å². The van der Waals surface area contributed by atoms with Gasteiger partial charge in [0.05, 0.1) is 11.8 Å². The monoisotopic (exact) mass is 334 g/mol. The second-order valence-corrected chi connectivity index (χ2v) is 6.75. The van der Waals surface area contributed by atoms with E-state index in [0.29, 0.717) is 22.0 Å². The zero-order valence-corrected chi connectivity index (χ0v) is 14.7. The normalized spacial score (nSPS) is 11.7. The Bertz CT molecular complexity index is 787. The van der Waals surface area contributed by atoms with E-state index in [2.05, 4.69) is 34.3 Å². The van der Waals surface area contributed by atoms with E-state index in [1.165, 1.54) is 11.3 Å². The molecular formula is C16H22N4O2S. The SMILES string of the molecule is CCC(/C=N/NC(=O)Cc1nc2sc(C)c(C)c2c(=O)[nH]1)CC. The smallest absolute Gasteiger partial charge is 0.259 e. The number of aromatic nitrogens is 2. The summed E-state index contributed by atoms with van der Waals surface area (Å²) in [6.07, 6.45) is 3.72. The Hall–Kier alpha value is -2.02. The highest BCUT2D eigenvalue weighted by atomic mass is 32.1. The third-order valence-electron chi connectivity index (χ3n) is 3.94. The predicted molar refractivity (Wildman–Crippen MR) is 94.1 cm³/mol. The molecule has 0 radical (unpaired) electrons. The molecule has 0 atom stereocenters. The van der Waals surface area contributed by atoms with Crippen molar-refractivity contribution in [3.63, 3.8) is 0 Å². The van der Waals surface area contributed by atoms with Crippen LogP contribution in [-0.4, -0.2) is 22.1 Å². The van der Waals surface area contributed by atoms with E-state index in [4.69, 9.17) is 0 Å². The number of hydrogen-bond acceptors (Lipinski definition) is 5. The van der Waals surface area contributed by atoms with E-state index >= 15 is 0 Å². The molecule has 0 saturated heterocycles. The first-order chi connectivity index (χ1) is 11.0. The number of aromatic amines is 1. The van der Waals surface area contributed by atoms with Crippen molar-refractivity contribution in [2.45, 2.75) is 47.0 Å². The number of nitrogens with zero attached hydrogens (tertiary/aromatic N) is 2. The van der Waals surface area contributed by atoms with Gasteiger partial charge < -0.3 is 4.98 Å². The summed E-state index contributed by atoms with van der Waals surface area (Å²) in [7, 11) is 0. The molecule has 2 N–H and O–H groups in total. The molecule has 0 aliphatic carbocycles. The van der Waals surface area contributed by atoms with E-state index < -0.39 is 0 Å². The van der Waals surface area contributed by atoms with Crippen molar-refractivity contribution in [1.82, 2.24) is 15.4 Å². The van der Waals surface area contributed by atoms with Gasteiger partial charge in [0, 0.05) is 11.1 Å². The summed E-state index contributed by atoms with van der Waals surface area (Å²) in [5.74, 6) is 0.431.